The fourth-order valence-electron chi connectivity index (χ4n) is 4.21. The zero-order chi connectivity index (χ0) is 21.3. The number of hydrogen-bond acceptors (Lipinski definition) is 4. The van der Waals surface area contributed by atoms with Gasteiger partial charge in [0.25, 0.3) is 5.91 Å². The summed E-state index contributed by atoms with van der Waals surface area (Å²) in [6.07, 6.45) is 1.05. The summed E-state index contributed by atoms with van der Waals surface area (Å²) in [5.41, 5.74) is 4.70. The van der Waals surface area contributed by atoms with Crippen LogP contribution in [-0.4, -0.2) is 63.2 Å². The third-order valence-electron chi connectivity index (χ3n) is 6.03. The van der Waals surface area contributed by atoms with Crippen LogP contribution in [0.2, 0.25) is 0 Å². The average Bonchev–Trinajstić information content (AvgIpc) is 3.06. The molecule has 1 amide bonds. The molecule has 6 nitrogen and oxygen atoms in total. The van der Waals surface area contributed by atoms with Crippen molar-refractivity contribution in [1.82, 2.24) is 24.6 Å². The lowest BCUT2D eigenvalue weighted by Gasteiger charge is -2.35. The van der Waals surface area contributed by atoms with E-state index in [1.807, 2.05) is 24.9 Å². The van der Waals surface area contributed by atoms with Crippen LogP contribution < -0.4 is 0 Å². The van der Waals surface area contributed by atoms with Crippen molar-refractivity contribution in [1.29, 1.82) is 0 Å². The van der Waals surface area contributed by atoms with Gasteiger partial charge in [0.15, 0.2) is 5.65 Å². The van der Waals surface area contributed by atoms with E-state index in [4.69, 9.17) is 4.98 Å². The van der Waals surface area contributed by atoms with Crippen LogP contribution in [0.4, 0.5) is 0 Å². The molecule has 0 unspecified atom stereocenters. The third kappa shape index (κ3) is 4.10. The molecule has 0 aliphatic carbocycles. The molecule has 0 atom stereocenters. The first kappa shape index (κ1) is 20.5. The van der Waals surface area contributed by atoms with Crippen molar-refractivity contribution >= 4 is 16.9 Å². The second kappa shape index (κ2) is 8.56. The summed E-state index contributed by atoms with van der Waals surface area (Å²) in [6, 6.07) is 12.6. The minimum atomic E-state index is 0.100. The average molecular weight is 406 g/mol. The third-order valence-corrected chi connectivity index (χ3v) is 6.03. The van der Waals surface area contributed by atoms with Gasteiger partial charge < -0.3 is 4.90 Å². The highest BCUT2D eigenvalue weighted by molar-refractivity contribution is 6.06. The van der Waals surface area contributed by atoms with Crippen molar-refractivity contribution in [3.05, 3.63) is 58.9 Å². The summed E-state index contributed by atoms with van der Waals surface area (Å²) in [7, 11) is 1.90. The van der Waals surface area contributed by atoms with Crippen molar-refractivity contribution in [3.63, 3.8) is 0 Å². The molecule has 0 radical (unpaired) electrons. The van der Waals surface area contributed by atoms with E-state index < -0.39 is 0 Å². The molecule has 0 N–H and O–H groups in total. The van der Waals surface area contributed by atoms with Crippen LogP contribution in [0.3, 0.4) is 0 Å². The summed E-state index contributed by atoms with van der Waals surface area (Å²) < 4.78 is 1.79. The van der Waals surface area contributed by atoms with Gasteiger partial charge in [-0.2, -0.15) is 5.10 Å². The zero-order valence-corrected chi connectivity index (χ0v) is 18.4. The Hall–Kier alpha value is -2.73. The Bertz CT molecular complexity index is 1030. The Morgan fingerprint density at radius 2 is 1.80 bits per heavy atom. The number of rotatable bonds is 5. The van der Waals surface area contributed by atoms with Gasteiger partial charge >= 0.3 is 0 Å². The lowest BCUT2D eigenvalue weighted by atomic mass is 10.0. The van der Waals surface area contributed by atoms with Crippen LogP contribution in [0.25, 0.3) is 11.0 Å². The van der Waals surface area contributed by atoms with Crippen LogP contribution in [-0.2, 0) is 13.5 Å². The van der Waals surface area contributed by atoms with Crippen LogP contribution in [0.15, 0.2) is 36.4 Å². The van der Waals surface area contributed by atoms with Gasteiger partial charge in [0.1, 0.15) is 0 Å². The second-order valence-corrected chi connectivity index (χ2v) is 8.53. The van der Waals surface area contributed by atoms with Gasteiger partial charge in [0, 0.05) is 45.5 Å². The van der Waals surface area contributed by atoms with Crippen molar-refractivity contribution in [3.8, 4) is 0 Å². The molecule has 4 rings (SSSR count). The Kier molecular flexibility index (Phi) is 5.86. The quantitative estimate of drug-likeness (QED) is 0.653. The van der Waals surface area contributed by atoms with E-state index in [9.17, 15) is 4.79 Å². The van der Waals surface area contributed by atoms with Crippen LogP contribution in [0.5, 0.6) is 0 Å². The summed E-state index contributed by atoms with van der Waals surface area (Å²) in [4.78, 5) is 22.7. The summed E-state index contributed by atoms with van der Waals surface area (Å²) in [6.45, 7) is 10.5. The van der Waals surface area contributed by atoms with E-state index in [0.29, 0.717) is 0 Å². The van der Waals surface area contributed by atoms with E-state index in [1.165, 1.54) is 5.56 Å². The molecule has 158 valence electrons. The molecule has 0 saturated carbocycles. The molecular formula is C24H31N5O. The van der Waals surface area contributed by atoms with E-state index in [2.05, 4.69) is 54.2 Å². The van der Waals surface area contributed by atoms with Crippen molar-refractivity contribution in [2.75, 3.05) is 32.7 Å². The molecule has 3 heterocycles. The Labute approximate surface area is 178 Å². The first-order valence-electron chi connectivity index (χ1n) is 10.8. The van der Waals surface area contributed by atoms with Gasteiger partial charge in [-0.05, 0) is 30.9 Å². The molecule has 1 aliphatic heterocycles. The smallest absolute Gasteiger partial charge is 0.254 e. The van der Waals surface area contributed by atoms with Crippen LogP contribution in [0, 0.1) is 6.92 Å². The van der Waals surface area contributed by atoms with E-state index in [-0.39, 0.29) is 11.8 Å². The number of aromatic nitrogens is 3. The summed E-state index contributed by atoms with van der Waals surface area (Å²) >= 11 is 0. The minimum Gasteiger partial charge on any atom is -0.336 e. The van der Waals surface area contributed by atoms with Gasteiger partial charge in [0.2, 0.25) is 0 Å². The molecule has 30 heavy (non-hydrogen) atoms. The van der Waals surface area contributed by atoms with E-state index >= 15 is 0 Å². The highest BCUT2D eigenvalue weighted by Gasteiger charge is 2.26. The van der Waals surface area contributed by atoms with Gasteiger partial charge in [-0.25, -0.2) is 4.98 Å². The van der Waals surface area contributed by atoms with Crippen molar-refractivity contribution < 1.29 is 4.79 Å². The number of hydrogen-bond donors (Lipinski definition) is 0. The number of benzene rings is 1. The monoisotopic (exact) mass is 405 g/mol. The van der Waals surface area contributed by atoms with Gasteiger partial charge in [-0.1, -0.05) is 44.2 Å². The lowest BCUT2D eigenvalue weighted by molar-refractivity contribution is 0.0640. The maximum Gasteiger partial charge on any atom is 0.254 e. The Morgan fingerprint density at radius 1 is 1.10 bits per heavy atom. The molecule has 0 spiro atoms. The lowest BCUT2D eigenvalue weighted by Crippen LogP contribution is -2.49. The molecule has 1 aromatic carbocycles. The maximum absolute atomic E-state index is 13.5. The number of pyridine rings is 1. The number of amides is 1. The fraction of sp³-hybridized carbons (Fsp3) is 0.458. The molecule has 1 aliphatic rings. The van der Waals surface area contributed by atoms with Crippen LogP contribution >= 0.6 is 0 Å². The predicted octanol–water partition coefficient (Wildman–Crippen LogP) is 3.40. The van der Waals surface area contributed by atoms with Gasteiger partial charge in [0.05, 0.1) is 16.6 Å². The highest BCUT2D eigenvalue weighted by Crippen LogP contribution is 2.26. The summed E-state index contributed by atoms with van der Waals surface area (Å²) in [5, 5.41) is 5.41. The maximum atomic E-state index is 13.5. The minimum absolute atomic E-state index is 0.100. The predicted molar refractivity (Wildman–Crippen MR) is 120 cm³/mol. The molecule has 6 heteroatoms. The number of carbonyl (C=O) groups excluding carboxylic acids is 1. The molecule has 0 bridgehead atoms. The number of aryl methyl sites for hydroxylation is 2. The molecule has 1 saturated heterocycles. The van der Waals surface area contributed by atoms with E-state index in [1.54, 1.807) is 4.68 Å². The normalized spacial score (nSPS) is 15.3. The zero-order valence-electron chi connectivity index (χ0n) is 18.4. The van der Waals surface area contributed by atoms with Gasteiger partial charge in [-0.3, -0.25) is 14.4 Å². The number of fused-ring (bicyclic) bond motifs is 1. The molecule has 2 aromatic heterocycles. The fourth-order valence-corrected chi connectivity index (χ4v) is 4.21. The Morgan fingerprint density at radius 3 is 2.47 bits per heavy atom. The standard InChI is InChI=1S/C24H31N5O/c1-17(2)21-16-20(22-18(3)26-27(4)23(22)25-21)24(30)29-14-12-28(13-15-29)11-10-19-8-6-5-7-9-19/h5-9,16-17H,10-15H2,1-4H3. The van der Waals surface area contributed by atoms with E-state index in [0.717, 1.165) is 67.1 Å². The first-order valence-corrected chi connectivity index (χ1v) is 10.8. The topological polar surface area (TPSA) is 54.3 Å². The number of carbonyl (C=O) groups is 1. The first-order chi connectivity index (χ1) is 14.4. The largest absolute Gasteiger partial charge is 0.336 e. The van der Waals surface area contributed by atoms with Crippen molar-refractivity contribution in [2.45, 2.75) is 33.1 Å². The number of nitrogens with zero attached hydrogens (tertiary/aromatic N) is 5. The summed E-state index contributed by atoms with van der Waals surface area (Å²) in [5.74, 6) is 0.356. The molecular weight excluding hydrogens is 374 g/mol. The highest BCUT2D eigenvalue weighted by atomic mass is 16.2. The SMILES string of the molecule is Cc1nn(C)c2nc(C(C)C)cc(C(=O)N3CCN(CCc4ccccc4)CC3)c12. The van der Waals surface area contributed by atoms with Crippen LogP contribution in [0.1, 0.15) is 47.1 Å². The van der Waals surface area contributed by atoms with Gasteiger partial charge in [-0.15, -0.1) is 0 Å². The number of piperazine rings is 1. The molecule has 3 aromatic rings. The Balaban J connectivity index is 1.48. The van der Waals surface area contributed by atoms with Crippen molar-refractivity contribution in [2.24, 2.45) is 7.05 Å². The second-order valence-electron chi connectivity index (χ2n) is 8.53. The molecule has 1 fully saturated rings.